The van der Waals surface area contributed by atoms with E-state index < -0.39 is 30.8 Å². The molecular weight excluding hydrogens is 575 g/mol. The van der Waals surface area contributed by atoms with Crippen molar-refractivity contribution in [3.05, 3.63) is 42.5 Å². The van der Waals surface area contributed by atoms with E-state index in [4.69, 9.17) is 14.2 Å². The third-order valence-corrected chi connectivity index (χ3v) is 9.24. The lowest BCUT2D eigenvalue weighted by Gasteiger charge is -2.42. The average molecular weight is 617 g/mol. The van der Waals surface area contributed by atoms with Crippen LogP contribution in [0.1, 0.15) is 81.0 Å². The second-order valence-corrected chi connectivity index (χ2v) is 12.0. The Balaban J connectivity index is 1.13. The molecule has 2 unspecified atom stereocenters. The Bertz CT molecular complexity index is 1040. The van der Waals surface area contributed by atoms with E-state index in [1.165, 1.54) is 0 Å². The normalized spacial score (nSPS) is 31.6. The number of esters is 2. The van der Waals surface area contributed by atoms with Crippen molar-refractivity contribution in [2.24, 2.45) is 23.7 Å². The van der Waals surface area contributed by atoms with Crippen LogP contribution in [0, 0.1) is 23.7 Å². The van der Waals surface area contributed by atoms with Crippen molar-refractivity contribution in [1.29, 1.82) is 0 Å². The third-order valence-electron chi connectivity index (χ3n) is 9.24. The highest BCUT2D eigenvalue weighted by Crippen LogP contribution is 2.46. The lowest BCUT2D eigenvalue weighted by molar-refractivity contribution is -0.358. The molecule has 0 amide bonds. The van der Waals surface area contributed by atoms with Crippen LogP contribution in [0.3, 0.4) is 0 Å². The number of hydrogen-bond donors (Lipinski definition) is 0. The Morgan fingerprint density at radius 2 is 1.35 bits per heavy atom. The van der Waals surface area contributed by atoms with Crippen LogP contribution in [0.25, 0.3) is 0 Å². The number of carbonyl (C=O) groups excluding carboxylic acids is 2. The van der Waals surface area contributed by atoms with Gasteiger partial charge in [0.25, 0.3) is 0 Å². The predicted molar refractivity (Wildman–Crippen MR) is 148 cm³/mol. The van der Waals surface area contributed by atoms with Gasteiger partial charge in [-0.25, -0.2) is 18.4 Å². The topological polar surface area (TPSA) is 71.1 Å². The number of halogens is 5. The Hall–Kier alpha value is -2.69. The highest BCUT2D eigenvalue weighted by Gasteiger charge is 2.47. The average Bonchev–Trinajstić information content (AvgIpc) is 2.99. The van der Waals surface area contributed by atoms with Crippen molar-refractivity contribution >= 4 is 11.9 Å². The molecule has 0 radical (unpaired) electrons. The molecular formula is C32H41F5O6. The number of carbonyl (C=O) groups is 2. The zero-order chi connectivity index (χ0) is 31.0. The van der Waals surface area contributed by atoms with Gasteiger partial charge in [0.15, 0.2) is 0 Å². The summed E-state index contributed by atoms with van der Waals surface area (Å²) in [5, 5.41) is 0. The van der Waals surface area contributed by atoms with Crippen LogP contribution in [0.4, 0.5) is 22.0 Å². The molecule has 0 bridgehead atoms. The first-order valence-electron chi connectivity index (χ1n) is 15.3. The van der Waals surface area contributed by atoms with Gasteiger partial charge in [-0.2, -0.15) is 0 Å². The quantitative estimate of drug-likeness (QED) is 0.110. The van der Waals surface area contributed by atoms with Gasteiger partial charge in [0.2, 0.25) is 0 Å². The van der Waals surface area contributed by atoms with Crippen molar-refractivity contribution in [3.8, 4) is 5.75 Å². The molecule has 1 aromatic carbocycles. The van der Waals surface area contributed by atoms with Crippen LogP contribution in [0.2, 0.25) is 0 Å². The minimum atomic E-state index is -5.05. The molecule has 6 nitrogen and oxygen atoms in total. The van der Waals surface area contributed by atoms with Gasteiger partial charge < -0.3 is 14.2 Å². The monoisotopic (exact) mass is 616 g/mol. The fourth-order valence-corrected chi connectivity index (χ4v) is 7.01. The Morgan fingerprint density at radius 1 is 0.814 bits per heavy atom. The number of alkyl halides is 5. The third kappa shape index (κ3) is 9.91. The van der Waals surface area contributed by atoms with Crippen molar-refractivity contribution in [2.75, 3.05) is 13.2 Å². The molecule has 11 heteroatoms. The summed E-state index contributed by atoms with van der Waals surface area (Å²) in [5.41, 5.74) is 0.442. The second kappa shape index (κ2) is 15.3. The van der Waals surface area contributed by atoms with Gasteiger partial charge in [0.05, 0.1) is 18.8 Å². The van der Waals surface area contributed by atoms with Gasteiger partial charge in [0.1, 0.15) is 30.3 Å². The Labute approximate surface area is 249 Å². The van der Waals surface area contributed by atoms with Crippen LogP contribution >= 0.6 is 0 Å². The summed E-state index contributed by atoms with van der Waals surface area (Å²) >= 11 is 0. The molecule has 0 N–H and O–H groups in total. The van der Waals surface area contributed by atoms with Gasteiger partial charge in [-0.3, -0.25) is 4.74 Å². The standard InChI is InChI=1S/C32H41F5O6/c1-2-29(38)41-17-3-16-40-25-12-10-23(11-13-25)31(39)42-26-14-8-21(9-15-26)20-4-6-22(7-5-20)24-18-27(33)30(28(34)19-24)43-32(35,36)37/h2,10-13,20-22,24,26-28,30H,1,3-9,14-19H2. The molecule has 2 atom stereocenters. The lowest BCUT2D eigenvalue weighted by atomic mass is 9.66. The van der Waals surface area contributed by atoms with E-state index in [1.807, 2.05) is 0 Å². The number of benzene rings is 1. The highest BCUT2D eigenvalue weighted by atomic mass is 19.4. The summed E-state index contributed by atoms with van der Waals surface area (Å²) in [6.07, 6.45) is -2.70. The van der Waals surface area contributed by atoms with Gasteiger partial charge in [-0.05, 0) is 112 Å². The Morgan fingerprint density at radius 3 is 1.88 bits per heavy atom. The molecule has 3 fully saturated rings. The number of ether oxygens (including phenoxy) is 4. The summed E-state index contributed by atoms with van der Waals surface area (Å²) in [4.78, 5) is 23.7. The molecule has 0 heterocycles. The van der Waals surface area contributed by atoms with Crippen molar-refractivity contribution in [2.45, 2.75) is 102 Å². The maximum atomic E-state index is 14.4. The smallest absolute Gasteiger partial charge is 0.493 e. The summed E-state index contributed by atoms with van der Waals surface area (Å²) in [6.45, 7) is 3.92. The summed E-state index contributed by atoms with van der Waals surface area (Å²) < 4.78 is 86.4. The fourth-order valence-electron chi connectivity index (χ4n) is 7.01. The van der Waals surface area contributed by atoms with Crippen LogP contribution in [-0.2, 0) is 19.0 Å². The summed E-state index contributed by atoms with van der Waals surface area (Å²) in [6, 6.07) is 6.71. The van der Waals surface area contributed by atoms with Crippen LogP contribution in [-0.4, -0.2) is 56.1 Å². The first kappa shape index (κ1) is 33.2. The van der Waals surface area contributed by atoms with Crippen LogP contribution in [0.5, 0.6) is 5.75 Å². The Kier molecular flexibility index (Phi) is 11.9. The van der Waals surface area contributed by atoms with E-state index in [-0.39, 0.29) is 43.4 Å². The van der Waals surface area contributed by atoms with Crippen molar-refractivity contribution in [1.82, 2.24) is 0 Å². The van der Waals surface area contributed by atoms with E-state index >= 15 is 0 Å². The molecule has 3 aliphatic carbocycles. The first-order chi connectivity index (χ1) is 20.5. The van der Waals surface area contributed by atoms with Crippen LogP contribution in [0.15, 0.2) is 36.9 Å². The molecule has 43 heavy (non-hydrogen) atoms. The second-order valence-electron chi connectivity index (χ2n) is 12.0. The zero-order valence-electron chi connectivity index (χ0n) is 24.2. The van der Waals surface area contributed by atoms with E-state index in [1.54, 1.807) is 24.3 Å². The molecule has 0 aliphatic heterocycles. The van der Waals surface area contributed by atoms with E-state index in [9.17, 15) is 31.5 Å². The van der Waals surface area contributed by atoms with E-state index in [0.29, 0.717) is 36.2 Å². The molecule has 240 valence electrons. The molecule has 4 rings (SSSR count). The number of rotatable bonds is 11. The molecule has 3 saturated carbocycles. The number of hydrogen-bond acceptors (Lipinski definition) is 6. The summed E-state index contributed by atoms with van der Waals surface area (Å²) in [7, 11) is 0. The molecule has 0 spiro atoms. The predicted octanol–water partition coefficient (Wildman–Crippen LogP) is 7.70. The molecule has 3 aliphatic rings. The minimum absolute atomic E-state index is 0.0856. The van der Waals surface area contributed by atoms with E-state index in [0.717, 1.165) is 57.4 Å². The largest absolute Gasteiger partial charge is 0.522 e. The van der Waals surface area contributed by atoms with Crippen molar-refractivity contribution in [3.63, 3.8) is 0 Å². The fraction of sp³-hybridized carbons (Fsp3) is 0.688. The lowest BCUT2D eigenvalue weighted by Crippen LogP contribution is -2.46. The summed E-state index contributed by atoms with van der Waals surface area (Å²) in [5.74, 6) is 0.612. The maximum absolute atomic E-state index is 14.4. The highest BCUT2D eigenvalue weighted by molar-refractivity contribution is 5.89. The SMILES string of the molecule is C=CC(=O)OCCCOc1ccc(C(=O)OC2CCC(C3CCC(C4CC(F)C(OC(F)(F)F)C(F)C4)CC3)CC2)cc1. The molecule has 0 aromatic heterocycles. The molecule has 1 aromatic rings. The van der Waals surface area contributed by atoms with Gasteiger partial charge in [-0.1, -0.05) is 6.58 Å². The van der Waals surface area contributed by atoms with Crippen LogP contribution < -0.4 is 4.74 Å². The van der Waals surface area contributed by atoms with Crippen molar-refractivity contribution < 1.29 is 50.5 Å². The van der Waals surface area contributed by atoms with E-state index in [2.05, 4.69) is 11.3 Å². The maximum Gasteiger partial charge on any atom is 0.522 e. The molecule has 0 saturated heterocycles. The minimum Gasteiger partial charge on any atom is -0.493 e. The van der Waals surface area contributed by atoms with Gasteiger partial charge >= 0.3 is 18.3 Å². The first-order valence-corrected chi connectivity index (χ1v) is 15.3. The van der Waals surface area contributed by atoms with Gasteiger partial charge in [0, 0.05) is 12.5 Å². The van der Waals surface area contributed by atoms with Gasteiger partial charge in [-0.15, -0.1) is 13.2 Å². The zero-order valence-corrected chi connectivity index (χ0v) is 24.2.